The first-order chi connectivity index (χ1) is 10.9. The summed E-state index contributed by atoms with van der Waals surface area (Å²) in [4.78, 5) is 28.4. The van der Waals surface area contributed by atoms with Gasteiger partial charge in [0, 0.05) is 18.4 Å². The first kappa shape index (κ1) is 15.3. The van der Waals surface area contributed by atoms with E-state index < -0.39 is 5.97 Å². The first-order valence-corrected chi connectivity index (χ1v) is 7.63. The fourth-order valence-electron chi connectivity index (χ4n) is 3.29. The van der Waals surface area contributed by atoms with Gasteiger partial charge in [0.1, 0.15) is 5.69 Å². The zero-order valence-corrected chi connectivity index (χ0v) is 13.5. The molecule has 0 spiro atoms. The molecular formula is C16H20N4O3. The second-order valence-electron chi connectivity index (χ2n) is 6.07. The molecule has 7 heteroatoms. The van der Waals surface area contributed by atoms with E-state index in [-0.39, 0.29) is 11.5 Å². The SMILES string of the molecule is Cc1[nH]c(C(=O)N(C)Cc2n[nH]c3c2CCC3)c(C)c1C(=O)O. The van der Waals surface area contributed by atoms with Crippen molar-refractivity contribution in [2.45, 2.75) is 39.7 Å². The Balaban J connectivity index is 1.83. The van der Waals surface area contributed by atoms with Crippen LogP contribution in [0.4, 0.5) is 0 Å². The molecule has 122 valence electrons. The van der Waals surface area contributed by atoms with Crippen LogP contribution < -0.4 is 0 Å². The molecule has 1 aliphatic rings. The number of aromatic carboxylic acids is 1. The average molecular weight is 316 g/mol. The fourth-order valence-corrected chi connectivity index (χ4v) is 3.29. The minimum Gasteiger partial charge on any atom is -0.478 e. The molecule has 2 aromatic rings. The summed E-state index contributed by atoms with van der Waals surface area (Å²) in [5, 5.41) is 16.6. The van der Waals surface area contributed by atoms with Gasteiger partial charge in [0.25, 0.3) is 5.91 Å². The zero-order chi connectivity index (χ0) is 16.7. The third-order valence-corrected chi connectivity index (χ3v) is 4.49. The molecule has 0 saturated carbocycles. The third kappa shape index (κ3) is 2.52. The summed E-state index contributed by atoms with van der Waals surface area (Å²) in [5.74, 6) is -1.25. The van der Waals surface area contributed by atoms with Crippen LogP contribution in [0.2, 0.25) is 0 Å². The van der Waals surface area contributed by atoms with Gasteiger partial charge in [-0.2, -0.15) is 5.10 Å². The van der Waals surface area contributed by atoms with Crippen LogP contribution in [0.1, 0.15) is 55.5 Å². The van der Waals surface area contributed by atoms with Crippen molar-refractivity contribution in [1.29, 1.82) is 0 Å². The highest BCUT2D eigenvalue weighted by atomic mass is 16.4. The molecule has 0 aliphatic heterocycles. The Morgan fingerprint density at radius 1 is 1.30 bits per heavy atom. The number of carbonyl (C=O) groups excluding carboxylic acids is 1. The second kappa shape index (κ2) is 5.57. The van der Waals surface area contributed by atoms with Crippen molar-refractivity contribution in [1.82, 2.24) is 20.1 Å². The van der Waals surface area contributed by atoms with Crippen LogP contribution in [0.5, 0.6) is 0 Å². The van der Waals surface area contributed by atoms with Crippen molar-refractivity contribution in [3.05, 3.63) is 39.5 Å². The van der Waals surface area contributed by atoms with E-state index in [9.17, 15) is 14.7 Å². The molecule has 7 nitrogen and oxygen atoms in total. The minimum absolute atomic E-state index is 0.169. The lowest BCUT2D eigenvalue weighted by atomic mass is 10.1. The van der Waals surface area contributed by atoms with Crippen LogP contribution in [0.15, 0.2) is 0 Å². The maximum Gasteiger partial charge on any atom is 0.337 e. The van der Waals surface area contributed by atoms with E-state index in [4.69, 9.17) is 0 Å². The molecule has 0 fully saturated rings. The number of aromatic nitrogens is 3. The Labute approximate surface area is 133 Å². The number of nitrogens with zero attached hydrogens (tertiary/aromatic N) is 2. The van der Waals surface area contributed by atoms with Crippen LogP contribution >= 0.6 is 0 Å². The van der Waals surface area contributed by atoms with Gasteiger partial charge in [-0.1, -0.05) is 0 Å². The van der Waals surface area contributed by atoms with Crippen LogP contribution in [-0.2, 0) is 19.4 Å². The lowest BCUT2D eigenvalue weighted by Crippen LogP contribution is -2.27. The lowest BCUT2D eigenvalue weighted by Gasteiger charge is -2.16. The molecule has 3 rings (SSSR count). The van der Waals surface area contributed by atoms with Gasteiger partial charge in [0.2, 0.25) is 0 Å². The summed E-state index contributed by atoms with van der Waals surface area (Å²) in [6, 6.07) is 0. The molecule has 0 bridgehead atoms. The number of carboxylic acid groups (broad SMARTS) is 1. The van der Waals surface area contributed by atoms with Gasteiger partial charge >= 0.3 is 5.97 Å². The number of H-pyrrole nitrogens is 2. The third-order valence-electron chi connectivity index (χ3n) is 4.49. The summed E-state index contributed by atoms with van der Waals surface area (Å²) in [6.07, 6.45) is 3.12. The van der Waals surface area contributed by atoms with E-state index in [0.717, 1.165) is 25.0 Å². The number of hydrogen-bond acceptors (Lipinski definition) is 3. The molecular weight excluding hydrogens is 296 g/mol. The zero-order valence-electron chi connectivity index (χ0n) is 13.5. The molecule has 23 heavy (non-hydrogen) atoms. The number of carbonyl (C=O) groups is 2. The van der Waals surface area contributed by atoms with Gasteiger partial charge in [-0.05, 0) is 44.2 Å². The van der Waals surface area contributed by atoms with E-state index in [0.29, 0.717) is 23.5 Å². The Kier molecular flexibility index (Phi) is 3.71. The summed E-state index contributed by atoms with van der Waals surface area (Å²) < 4.78 is 0. The summed E-state index contributed by atoms with van der Waals surface area (Å²) >= 11 is 0. The summed E-state index contributed by atoms with van der Waals surface area (Å²) in [7, 11) is 1.70. The number of aryl methyl sites for hydroxylation is 2. The Morgan fingerprint density at radius 2 is 2.04 bits per heavy atom. The molecule has 2 aromatic heterocycles. The number of rotatable bonds is 4. The quantitative estimate of drug-likeness (QED) is 0.800. The van der Waals surface area contributed by atoms with Crippen molar-refractivity contribution in [2.75, 3.05) is 7.05 Å². The van der Waals surface area contributed by atoms with Crippen molar-refractivity contribution >= 4 is 11.9 Å². The van der Waals surface area contributed by atoms with Gasteiger partial charge in [0.15, 0.2) is 0 Å². The number of hydrogen-bond donors (Lipinski definition) is 3. The van der Waals surface area contributed by atoms with Gasteiger partial charge in [-0.3, -0.25) is 9.89 Å². The van der Waals surface area contributed by atoms with E-state index in [1.165, 1.54) is 11.3 Å². The standard InChI is InChI=1S/C16H20N4O3/c1-8-13(16(22)23)9(2)17-14(8)15(21)20(3)7-12-10-5-4-6-11(10)18-19-12/h17H,4-7H2,1-3H3,(H,18,19)(H,22,23). The summed E-state index contributed by atoms with van der Waals surface area (Å²) in [6.45, 7) is 3.72. The average Bonchev–Trinajstić information content (AvgIpc) is 3.14. The topological polar surface area (TPSA) is 102 Å². The van der Waals surface area contributed by atoms with E-state index >= 15 is 0 Å². The number of carboxylic acids is 1. The number of aromatic amines is 2. The highest BCUT2D eigenvalue weighted by Crippen LogP contribution is 2.24. The van der Waals surface area contributed by atoms with Gasteiger partial charge < -0.3 is 15.0 Å². The summed E-state index contributed by atoms with van der Waals surface area (Å²) in [5.41, 5.74) is 4.74. The molecule has 0 radical (unpaired) electrons. The van der Waals surface area contributed by atoms with Crippen molar-refractivity contribution in [3.63, 3.8) is 0 Å². The lowest BCUT2D eigenvalue weighted by molar-refractivity contribution is 0.0695. The van der Waals surface area contributed by atoms with E-state index in [1.54, 1.807) is 25.8 Å². The normalized spacial score (nSPS) is 13.2. The molecule has 1 amide bonds. The Morgan fingerprint density at radius 3 is 2.70 bits per heavy atom. The monoisotopic (exact) mass is 316 g/mol. The number of nitrogens with one attached hydrogen (secondary N) is 2. The van der Waals surface area contributed by atoms with Gasteiger partial charge in [0.05, 0.1) is 17.8 Å². The molecule has 0 saturated heterocycles. The van der Waals surface area contributed by atoms with Crippen LogP contribution in [0.3, 0.4) is 0 Å². The van der Waals surface area contributed by atoms with Crippen LogP contribution in [-0.4, -0.2) is 44.1 Å². The predicted molar refractivity (Wildman–Crippen MR) is 83.6 cm³/mol. The molecule has 2 heterocycles. The van der Waals surface area contributed by atoms with Crippen molar-refractivity contribution in [3.8, 4) is 0 Å². The Bertz CT molecular complexity index is 788. The highest BCUT2D eigenvalue weighted by Gasteiger charge is 2.25. The first-order valence-electron chi connectivity index (χ1n) is 7.63. The van der Waals surface area contributed by atoms with Crippen molar-refractivity contribution in [2.24, 2.45) is 0 Å². The maximum absolute atomic E-state index is 12.6. The fraction of sp³-hybridized carbons (Fsp3) is 0.438. The molecule has 0 atom stereocenters. The number of amides is 1. The van der Waals surface area contributed by atoms with Gasteiger partial charge in [-0.15, -0.1) is 0 Å². The van der Waals surface area contributed by atoms with Gasteiger partial charge in [-0.25, -0.2) is 4.79 Å². The highest BCUT2D eigenvalue weighted by molar-refractivity contribution is 5.99. The van der Waals surface area contributed by atoms with Crippen molar-refractivity contribution < 1.29 is 14.7 Å². The molecule has 0 aromatic carbocycles. The smallest absolute Gasteiger partial charge is 0.337 e. The minimum atomic E-state index is -1.02. The number of fused-ring (bicyclic) bond motifs is 1. The maximum atomic E-state index is 12.6. The van der Waals surface area contributed by atoms with E-state index in [2.05, 4.69) is 15.2 Å². The second-order valence-corrected chi connectivity index (χ2v) is 6.07. The molecule has 3 N–H and O–H groups in total. The van der Waals surface area contributed by atoms with E-state index in [1.807, 2.05) is 0 Å². The Hall–Kier alpha value is -2.57. The predicted octanol–water partition coefficient (Wildman–Crippen LogP) is 1.81. The molecule has 1 aliphatic carbocycles. The van der Waals surface area contributed by atoms with Crippen LogP contribution in [0, 0.1) is 13.8 Å². The largest absolute Gasteiger partial charge is 0.478 e. The molecule has 0 unspecified atom stereocenters. The van der Waals surface area contributed by atoms with Crippen LogP contribution in [0.25, 0.3) is 0 Å².